The molecule has 0 saturated carbocycles. The number of unbranched alkanes of at least 4 members (excludes halogenated alkanes) is 4. The van der Waals surface area contributed by atoms with E-state index in [0.29, 0.717) is 0 Å². The van der Waals surface area contributed by atoms with E-state index in [2.05, 4.69) is 6.92 Å². The van der Waals surface area contributed by atoms with Gasteiger partial charge in [-0.15, -0.1) is 0 Å². The van der Waals surface area contributed by atoms with E-state index in [-0.39, 0.29) is 5.69 Å². The maximum absolute atomic E-state index is 10.5. The normalized spacial score (nSPS) is 12.3. The van der Waals surface area contributed by atoms with E-state index in [4.69, 9.17) is 0 Å². The first-order valence-corrected chi connectivity index (χ1v) is 6.57. The predicted molar refractivity (Wildman–Crippen MR) is 71.4 cm³/mol. The minimum absolute atomic E-state index is 0.0638. The number of benzene rings is 1. The molecule has 0 aliphatic carbocycles. The first-order chi connectivity index (χ1) is 8.65. The fraction of sp³-hybridized carbons (Fsp3) is 0.571. The van der Waals surface area contributed by atoms with E-state index in [0.717, 1.165) is 24.8 Å². The molecule has 0 aromatic heterocycles. The van der Waals surface area contributed by atoms with Gasteiger partial charge in [0.1, 0.15) is 0 Å². The summed E-state index contributed by atoms with van der Waals surface area (Å²) in [4.78, 5) is 10.1. The molecule has 1 atom stereocenters. The molecule has 0 aliphatic heterocycles. The van der Waals surface area contributed by atoms with Crippen LogP contribution < -0.4 is 0 Å². The molecule has 1 aromatic rings. The summed E-state index contributed by atoms with van der Waals surface area (Å²) in [5, 5.41) is 20.4. The topological polar surface area (TPSA) is 63.4 Å². The summed E-state index contributed by atoms with van der Waals surface area (Å²) in [5.74, 6) is 0. The number of nitrogens with zero attached hydrogens (tertiary/aromatic N) is 1. The van der Waals surface area contributed by atoms with Gasteiger partial charge in [0.25, 0.3) is 5.69 Å². The standard InChI is InChI=1S/C14H21NO3/c1-2-3-4-5-6-7-14(16)12-8-10-13(11-9-12)15(17)18/h8-11,14,16H,2-7H2,1H3. The van der Waals surface area contributed by atoms with Crippen LogP contribution in [-0.2, 0) is 0 Å². The number of nitro benzene ring substituents is 1. The third-order valence-corrected chi connectivity index (χ3v) is 3.07. The lowest BCUT2D eigenvalue weighted by molar-refractivity contribution is -0.384. The largest absolute Gasteiger partial charge is 0.388 e. The van der Waals surface area contributed by atoms with Crippen molar-refractivity contribution in [2.75, 3.05) is 0 Å². The third kappa shape index (κ3) is 4.84. The fourth-order valence-corrected chi connectivity index (χ4v) is 1.93. The van der Waals surface area contributed by atoms with Gasteiger partial charge in [0.15, 0.2) is 0 Å². The van der Waals surface area contributed by atoms with Gasteiger partial charge < -0.3 is 5.11 Å². The van der Waals surface area contributed by atoms with Crippen LogP contribution in [0, 0.1) is 10.1 Å². The smallest absolute Gasteiger partial charge is 0.269 e. The van der Waals surface area contributed by atoms with Crippen LogP contribution in [0.3, 0.4) is 0 Å². The second kappa shape index (κ2) is 7.82. The van der Waals surface area contributed by atoms with Gasteiger partial charge in [-0.1, -0.05) is 39.0 Å². The predicted octanol–water partition coefficient (Wildman–Crippen LogP) is 3.99. The number of rotatable bonds is 8. The zero-order chi connectivity index (χ0) is 13.4. The van der Waals surface area contributed by atoms with Crippen LogP contribution in [0.25, 0.3) is 0 Å². The Balaban J connectivity index is 2.37. The molecule has 0 heterocycles. The van der Waals surface area contributed by atoms with E-state index in [1.165, 1.54) is 31.4 Å². The van der Waals surface area contributed by atoms with Gasteiger partial charge in [-0.2, -0.15) is 0 Å². The van der Waals surface area contributed by atoms with Crippen LogP contribution in [0.1, 0.15) is 57.1 Å². The van der Waals surface area contributed by atoms with Crippen molar-refractivity contribution in [1.82, 2.24) is 0 Å². The fourth-order valence-electron chi connectivity index (χ4n) is 1.93. The van der Waals surface area contributed by atoms with Crippen molar-refractivity contribution in [2.24, 2.45) is 0 Å². The van der Waals surface area contributed by atoms with Crippen molar-refractivity contribution < 1.29 is 10.0 Å². The minimum atomic E-state index is -0.507. The molecule has 0 aliphatic rings. The monoisotopic (exact) mass is 251 g/mol. The Morgan fingerprint density at radius 3 is 2.33 bits per heavy atom. The molecule has 1 unspecified atom stereocenters. The highest BCUT2D eigenvalue weighted by Crippen LogP contribution is 2.22. The van der Waals surface area contributed by atoms with Crippen molar-refractivity contribution >= 4 is 5.69 Å². The van der Waals surface area contributed by atoms with Crippen molar-refractivity contribution in [1.29, 1.82) is 0 Å². The van der Waals surface area contributed by atoms with Crippen LogP contribution >= 0.6 is 0 Å². The number of aliphatic hydroxyl groups excluding tert-OH is 1. The summed E-state index contributed by atoms with van der Waals surface area (Å²) in [6.45, 7) is 2.17. The van der Waals surface area contributed by atoms with Crippen LogP contribution in [0.4, 0.5) is 5.69 Å². The van der Waals surface area contributed by atoms with Crippen molar-refractivity contribution in [3.05, 3.63) is 39.9 Å². The lowest BCUT2D eigenvalue weighted by Crippen LogP contribution is -1.98. The quantitative estimate of drug-likeness (QED) is 0.431. The third-order valence-electron chi connectivity index (χ3n) is 3.07. The highest BCUT2D eigenvalue weighted by molar-refractivity contribution is 5.33. The molecule has 0 spiro atoms. The Labute approximate surface area is 108 Å². The maximum atomic E-state index is 10.5. The Morgan fingerprint density at radius 2 is 1.78 bits per heavy atom. The summed E-state index contributed by atoms with van der Waals surface area (Å²) in [5.41, 5.74) is 0.824. The second-order valence-corrected chi connectivity index (χ2v) is 4.57. The number of nitro groups is 1. The molecule has 18 heavy (non-hydrogen) atoms. The molecule has 0 saturated heterocycles. The molecule has 4 heteroatoms. The van der Waals surface area contributed by atoms with Crippen molar-refractivity contribution in [3.8, 4) is 0 Å². The molecule has 0 amide bonds. The molecule has 0 bridgehead atoms. The Kier molecular flexibility index (Phi) is 6.36. The number of aliphatic hydroxyl groups is 1. The zero-order valence-electron chi connectivity index (χ0n) is 10.8. The molecule has 0 radical (unpaired) electrons. The average molecular weight is 251 g/mol. The summed E-state index contributed by atoms with van der Waals surface area (Å²) >= 11 is 0. The molecular weight excluding hydrogens is 230 g/mol. The number of hydrogen-bond donors (Lipinski definition) is 1. The summed E-state index contributed by atoms with van der Waals surface area (Å²) in [6.07, 6.45) is 6.02. The molecular formula is C14H21NO3. The number of hydrogen-bond acceptors (Lipinski definition) is 3. The van der Waals surface area contributed by atoms with Crippen LogP contribution in [-0.4, -0.2) is 10.0 Å². The van der Waals surface area contributed by atoms with Gasteiger partial charge in [-0.3, -0.25) is 10.1 Å². The summed E-state index contributed by atoms with van der Waals surface area (Å²) < 4.78 is 0. The van der Waals surface area contributed by atoms with E-state index in [1.54, 1.807) is 12.1 Å². The number of non-ortho nitro benzene ring substituents is 1. The lowest BCUT2D eigenvalue weighted by atomic mass is 10.0. The van der Waals surface area contributed by atoms with Gasteiger partial charge in [0.05, 0.1) is 11.0 Å². The first-order valence-electron chi connectivity index (χ1n) is 6.57. The molecule has 0 fully saturated rings. The van der Waals surface area contributed by atoms with E-state index >= 15 is 0 Å². The van der Waals surface area contributed by atoms with Gasteiger partial charge in [-0.05, 0) is 24.1 Å². The first kappa shape index (κ1) is 14.6. The van der Waals surface area contributed by atoms with Crippen molar-refractivity contribution in [2.45, 2.75) is 51.6 Å². The molecule has 1 N–H and O–H groups in total. The van der Waals surface area contributed by atoms with E-state index < -0.39 is 11.0 Å². The molecule has 4 nitrogen and oxygen atoms in total. The zero-order valence-corrected chi connectivity index (χ0v) is 10.8. The highest BCUT2D eigenvalue weighted by Gasteiger charge is 2.09. The van der Waals surface area contributed by atoms with E-state index in [1.807, 2.05) is 0 Å². The molecule has 1 rings (SSSR count). The molecule has 1 aromatic carbocycles. The van der Waals surface area contributed by atoms with Gasteiger partial charge in [-0.25, -0.2) is 0 Å². The second-order valence-electron chi connectivity index (χ2n) is 4.57. The van der Waals surface area contributed by atoms with Crippen LogP contribution in [0.2, 0.25) is 0 Å². The Hall–Kier alpha value is -1.42. The van der Waals surface area contributed by atoms with Crippen LogP contribution in [0.5, 0.6) is 0 Å². The minimum Gasteiger partial charge on any atom is -0.388 e. The SMILES string of the molecule is CCCCCCCC(O)c1ccc([N+](=O)[O-])cc1. The summed E-state index contributed by atoms with van der Waals surface area (Å²) in [6, 6.07) is 6.15. The highest BCUT2D eigenvalue weighted by atomic mass is 16.6. The summed E-state index contributed by atoms with van der Waals surface area (Å²) in [7, 11) is 0. The average Bonchev–Trinajstić information content (AvgIpc) is 2.38. The van der Waals surface area contributed by atoms with Crippen LogP contribution in [0.15, 0.2) is 24.3 Å². The van der Waals surface area contributed by atoms with Gasteiger partial charge in [0, 0.05) is 12.1 Å². The van der Waals surface area contributed by atoms with E-state index in [9.17, 15) is 15.2 Å². The van der Waals surface area contributed by atoms with Crippen molar-refractivity contribution in [3.63, 3.8) is 0 Å². The van der Waals surface area contributed by atoms with Gasteiger partial charge in [0.2, 0.25) is 0 Å². The Morgan fingerprint density at radius 1 is 1.17 bits per heavy atom. The Bertz CT molecular complexity index is 362. The van der Waals surface area contributed by atoms with Gasteiger partial charge >= 0.3 is 0 Å². The molecule has 100 valence electrons. The lowest BCUT2D eigenvalue weighted by Gasteiger charge is -2.10. The maximum Gasteiger partial charge on any atom is 0.269 e.